The van der Waals surface area contributed by atoms with E-state index in [1.54, 1.807) is 12.3 Å². The van der Waals surface area contributed by atoms with Gasteiger partial charge in [0.05, 0.1) is 5.69 Å². The van der Waals surface area contributed by atoms with E-state index >= 15 is 0 Å². The van der Waals surface area contributed by atoms with E-state index in [0.717, 1.165) is 5.56 Å². The number of carbonyl (C=O) groups excluding carboxylic acids is 2. The summed E-state index contributed by atoms with van der Waals surface area (Å²) in [6.07, 6.45) is 3.69. The summed E-state index contributed by atoms with van der Waals surface area (Å²) < 4.78 is 12.8. The number of nitrogens with zero attached hydrogens (tertiary/aromatic N) is 3. The Morgan fingerprint density at radius 2 is 2.24 bits per heavy atom. The number of fused-ring (bicyclic) bond motifs is 1. The molecule has 0 spiro atoms. The zero-order valence-electron chi connectivity index (χ0n) is 14.2. The number of pyridine rings is 1. The van der Waals surface area contributed by atoms with Crippen molar-refractivity contribution in [2.45, 2.75) is 26.3 Å². The smallest absolute Gasteiger partial charge is 0.257 e. The Morgan fingerprint density at radius 3 is 2.88 bits per heavy atom. The number of anilines is 1. The van der Waals surface area contributed by atoms with E-state index in [1.165, 1.54) is 10.9 Å². The van der Waals surface area contributed by atoms with Crippen molar-refractivity contribution in [2.24, 2.45) is 0 Å². The van der Waals surface area contributed by atoms with Gasteiger partial charge in [0.2, 0.25) is 5.91 Å². The SMILES string of the molecule is Cc1ccc(-n2nc3c(c2NC(=O)CS(C)=O)C(=O)NC(C)C3)nc1. The molecule has 0 aliphatic carbocycles. The number of aryl methyl sites for hydroxylation is 1. The van der Waals surface area contributed by atoms with Crippen molar-refractivity contribution >= 4 is 28.4 Å². The minimum Gasteiger partial charge on any atom is -0.349 e. The topological polar surface area (TPSA) is 106 Å². The molecule has 3 heterocycles. The molecule has 9 heteroatoms. The van der Waals surface area contributed by atoms with Crippen LogP contribution in [0.25, 0.3) is 5.82 Å². The molecule has 2 unspecified atom stereocenters. The second-order valence-corrected chi connectivity index (χ2v) is 7.56. The lowest BCUT2D eigenvalue weighted by Gasteiger charge is -2.19. The van der Waals surface area contributed by atoms with Crippen LogP contribution in [0.2, 0.25) is 0 Å². The van der Waals surface area contributed by atoms with E-state index in [-0.39, 0.29) is 23.5 Å². The zero-order chi connectivity index (χ0) is 18.1. The molecule has 132 valence electrons. The van der Waals surface area contributed by atoms with Gasteiger partial charge in [-0.2, -0.15) is 9.78 Å². The molecule has 2 atom stereocenters. The van der Waals surface area contributed by atoms with Gasteiger partial charge in [0.1, 0.15) is 11.3 Å². The molecule has 25 heavy (non-hydrogen) atoms. The fourth-order valence-electron chi connectivity index (χ4n) is 2.70. The van der Waals surface area contributed by atoms with Crippen molar-refractivity contribution in [1.29, 1.82) is 0 Å². The van der Waals surface area contributed by atoms with Gasteiger partial charge in [-0.15, -0.1) is 0 Å². The Bertz CT molecular complexity index is 859. The summed E-state index contributed by atoms with van der Waals surface area (Å²) >= 11 is 0. The second-order valence-electron chi connectivity index (χ2n) is 6.12. The lowest BCUT2D eigenvalue weighted by atomic mass is 10.0. The Balaban J connectivity index is 2.09. The number of hydrogen-bond donors (Lipinski definition) is 2. The summed E-state index contributed by atoms with van der Waals surface area (Å²) in [5, 5.41) is 10.0. The Hall–Kier alpha value is -2.55. The van der Waals surface area contributed by atoms with Crippen LogP contribution in [0.5, 0.6) is 0 Å². The highest BCUT2D eigenvalue weighted by Crippen LogP contribution is 2.27. The fourth-order valence-corrected chi connectivity index (χ4v) is 3.14. The third-order valence-corrected chi connectivity index (χ3v) is 4.44. The first-order chi connectivity index (χ1) is 11.8. The van der Waals surface area contributed by atoms with Crippen LogP contribution in [0.4, 0.5) is 5.82 Å². The van der Waals surface area contributed by atoms with Crippen LogP contribution in [0.15, 0.2) is 18.3 Å². The molecule has 0 aromatic carbocycles. The van der Waals surface area contributed by atoms with Crippen LogP contribution in [0, 0.1) is 6.92 Å². The lowest BCUT2D eigenvalue weighted by Crippen LogP contribution is -2.39. The number of amides is 2. The molecule has 2 aromatic heterocycles. The number of hydrogen-bond acceptors (Lipinski definition) is 5. The fraction of sp³-hybridized carbons (Fsp3) is 0.375. The summed E-state index contributed by atoms with van der Waals surface area (Å²) in [6, 6.07) is 3.60. The predicted molar refractivity (Wildman–Crippen MR) is 94.3 cm³/mol. The number of carbonyl (C=O) groups is 2. The molecule has 2 aromatic rings. The third kappa shape index (κ3) is 3.60. The van der Waals surface area contributed by atoms with Gasteiger partial charge in [-0.1, -0.05) is 6.07 Å². The van der Waals surface area contributed by atoms with Crippen molar-refractivity contribution in [1.82, 2.24) is 20.1 Å². The standard InChI is InChI=1S/C16H19N5O3S/c1-9-4-5-12(17-7-9)21-15(19-13(22)8-25(3)24)14-11(20-21)6-10(2)18-16(14)23/h4-5,7,10H,6,8H2,1-3H3,(H,18,23)(H,19,22). The van der Waals surface area contributed by atoms with Gasteiger partial charge >= 0.3 is 0 Å². The molecule has 0 bridgehead atoms. The van der Waals surface area contributed by atoms with E-state index in [2.05, 4.69) is 20.7 Å². The molecule has 8 nitrogen and oxygen atoms in total. The van der Waals surface area contributed by atoms with Crippen molar-refractivity contribution in [3.8, 4) is 5.82 Å². The van der Waals surface area contributed by atoms with Crippen molar-refractivity contribution in [2.75, 3.05) is 17.3 Å². The monoisotopic (exact) mass is 361 g/mol. The summed E-state index contributed by atoms with van der Waals surface area (Å²) in [5.74, 6) is -0.137. The lowest BCUT2D eigenvalue weighted by molar-refractivity contribution is -0.113. The van der Waals surface area contributed by atoms with E-state index in [1.807, 2.05) is 19.9 Å². The van der Waals surface area contributed by atoms with E-state index in [0.29, 0.717) is 23.5 Å². The first-order valence-electron chi connectivity index (χ1n) is 7.81. The first-order valence-corrected chi connectivity index (χ1v) is 9.53. The molecular weight excluding hydrogens is 342 g/mol. The highest BCUT2D eigenvalue weighted by atomic mass is 32.2. The minimum atomic E-state index is -1.29. The Morgan fingerprint density at radius 1 is 1.48 bits per heavy atom. The van der Waals surface area contributed by atoms with Gasteiger partial charge in [-0.05, 0) is 25.5 Å². The van der Waals surface area contributed by atoms with Gasteiger partial charge < -0.3 is 10.6 Å². The van der Waals surface area contributed by atoms with Crippen LogP contribution < -0.4 is 10.6 Å². The van der Waals surface area contributed by atoms with Crippen LogP contribution in [-0.4, -0.2) is 48.8 Å². The maximum atomic E-state index is 12.4. The number of aromatic nitrogens is 3. The number of nitrogens with one attached hydrogen (secondary N) is 2. The quantitative estimate of drug-likeness (QED) is 0.828. The van der Waals surface area contributed by atoms with E-state index in [9.17, 15) is 13.8 Å². The molecular formula is C16H19N5O3S. The van der Waals surface area contributed by atoms with Crippen molar-refractivity contribution in [3.63, 3.8) is 0 Å². The van der Waals surface area contributed by atoms with Crippen LogP contribution in [0.1, 0.15) is 28.5 Å². The van der Waals surface area contributed by atoms with E-state index in [4.69, 9.17) is 0 Å². The van der Waals surface area contributed by atoms with Crippen molar-refractivity contribution in [3.05, 3.63) is 35.2 Å². The second kappa shape index (κ2) is 6.75. The van der Waals surface area contributed by atoms with Gasteiger partial charge in [-0.25, -0.2) is 4.98 Å². The highest BCUT2D eigenvalue weighted by molar-refractivity contribution is 7.85. The van der Waals surface area contributed by atoms with Crippen LogP contribution >= 0.6 is 0 Å². The maximum Gasteiger partial charge on any atom is 0.257 e. The first kappa shape index (κ1) is 17.3. The Kier molecular flexibility index (Phi) is 4.67. The molecule has 1 aliphatic rings. The zero-order valence-corrected chi connectivity index (χ0v) is 15.0. The van der Waals surface area contributed by atoms with Crippen LogP contribution in [0.3, 0.4) is 0 Å². The molecule has 0 radical (unpaired) electrons. The average Bonchev–Trinajstić information content (AvgIpc) is 2.85. The van der Waals surface area contributed by atoms with Crippen LogP contribution in [-0.2, 0) is 22.0 Å². The normalized spacial score (nSPS) is 17.6. The molecule has 1 aliphatic heterocycles. The highest BCUT2D eigenvalue weighted by Gasteiger charge is 2.31. The van der Waals surface area contributed by atoms with Gasteiger partial charge in [-0.3, -0.25) is 13.8 Å². The van der Waals surface area contributed by atoms with Crippen molar-refractivity contribution < 1.29 is 13.8 Å². The summed E-state index contributed by atoms with van der Waals surface area (Å²) in [7, 11) is -1.29. The molecule has 0 saturated heterocycles. The third-order valence-electron chi connectivity index (χ3n) is 3.77. The van der Waals surface area contributed by atoms with E-state index < -0.39 is 16.7 Å². The molecule has 3 rings (SSSR count). The molecule has 0 saturated carbocycles. The maximum absolute atomic E-state index is 12.4. The largest absolute Gasteiger partial charge is 0.349 e. The number of rotatable bonds is 4. The summed E-state index contributed by atoms with van der Waals surface area (Å²) in [6.45, 7) is 3.81. The molecule has 2 N–H and O–H groups in total. The predicted octanol–water partition coefficient (Wildman–Crippen LogP) is 0.567. The minimum absolute atomic E-state index is 0.0407. The molecule has 0 fully saturated rings. The van der Waals surface area contributed by atoms with Gasteiger partial charge in [0.15, 0.2) is 11.6 Å². The Labute approximate surface area is 147 Å². The summed E-state index contributed by atoms with van der Waals surface area (Å²) in [5.41, 5.74) is 1.92. The van der Waals surface area contributed by atoms with Gasteiger partial charge in [0, 0.05) is 35.7 Å². The summed E-state index contributed by atoms with van der Waals surface area (Å²) in [4.78, 5) is 28.9. The average molecular weight is 361 g/mol. The van der Waals surface area contributed by atoms with Gasteiger partial charge in [0.25, 0.3) is 5.91 Å². The molecule has 2 amide bonds.